The highest BCUT2D eigenvalue weighted by atomic mass is 32.2. The van der Waals surface area contributed by atoms with E-state index in [1.54, 1.807) is 23.5 Å². The van der Waals surface area contributed by atoms with E-state index in [1.165, 1.54) is 34.3 Å². The molecule has 0 saturated heterocycles. The van der Waals surface area contributed by atoms with E-state index in [4.69, 9.17) is 4.98 Å². The molecule has 3 aromatic rings. The fourth-order valence-corrected chi connectivity index (χ4v) is 7.01. The zero-order valence-corrected chi connectivity index (χ0v) is 19.7. The summed E-state index contributed by atoms with van der Waals surface area (Å²) in [4.78, 5) is 43.9. The van der Waals surface area contributed by atoms with Crippen LogP contribution in [-0.4, -0.2) is 26.1 Å². The number of amides is 1. The molecule has 0 radical (unpaired) electrons. The average Bonchev–Trinajstić information content (AvgIpc) is 3.45. The number of rotatable bonds is 6. The maximum absolute atomic E-state index is 13.7. The highest BCUT2D eigenvalue weighted by Gasteiger charge is 2.27. The predicted octanol–water partition coefficient (Wildman–Crippen LogP) is 5.09. The molecule has 10 heteroatoms. The van der Waals surface area contributed by atoms with Crippen molar-refractivity contribution in [3.05, 3.63) is 55.2 Å². The number of nitrogens with zero attached hydrogens (tertiary/aromatic N) is 3. The van der Waals surface area contributed by atoms with Crippen molar-refractivity contribution in [2.24, 2.45) is 0 Å². The lowest BCUT2D eigenvalue weighted by Crippen LogP contribution is -2.27. The molecule has 0 bridgehead atoms. The zero-order chi connectivity index (χ0) is 22.9. The van der Waals surface area contributed by atoms with E-state index in [-0.39, 0.29) is 34.6 Å². The predicted molar refractivity (Wildman–Crippen MR) is 130 cm³/mol. The van der Waals surface area contributed by atoms with Gasteiger partial charge in [0.1, 0.15) is 10.5 Å². The van der Waals surface area contributed by atoms with Crippen LogP contribution in [0.1, 0.15) is 55.0 Å². The number of nitro benzene ring substituents is 1. The summed E-state index contributed by atoms with van der Waals surface area (Å²) in [6.45, 7) is 0. The molecule has 1 N–H and O–H groups in total. The minimum atomic E-state index is -0.519. The van der Waals surface area contributed by atoms with Crippen LogP contribution in [0.5, 0.6) is 0 Å². The molecule has 33 heavy (non-hydrogen) atoms. The third-order valence-corrected chi connectivity index (χ3v) is 8.52. The molecule has 0 atom stereocenters. The summed E-state index contributed by atoms with van der Waals surface area (Å²) in [6, 6.07) is 6.17. The molecular formula is C23H24N4O4S2. The van der Waals surface area contributed by atoms with E-state index in [2.05, 4.69) is 5.32 Å². The minimum absolute atomic E-state index is 0.0157. The first-order valence-electron chi connectivity index (χ1n) is 11.3. The first-order chi connectivity index (χ1) is 16.0. The number of para-hydroxylation sites is 2. The number of thioether (sulfide) groups is 1. The van der Waals surface area contributed by atoms with Crippen molar-refractivity contribution in [2.45, 2.75) is 62.6 Å². The monoisotopic (exact) mass is 484 g/mol. The molecule has 2 aliphatic carbocycles. The molecule has 1 amide bonds. The van der Waals surface area contributed by atoms with Crippen LogP contribution < -0.4 is 10.9 Å². The van der Waals surface area contributed by atoms with Crippen LogP contribution in [0.3, 0.4) is 0 Å². The Morgan fingerprint density at radius 1 is 1.21 bits per heavy atom. The SMILES string of the molecule is O=C(CSc1nc2sc3c(c2c(=O)n1C1CCCC1)CCCC3)Nc1ccccc1[N+](=O)[O-]. The molecule has 2 aliphatic rings. The lowest BCUT2D eigenvalue weighted by molar-refractivity contribution is -0.383. The van der Waals surface area contributed by atoms with Gasteiger partial charge in [0.25, 0.3) is 11.2 Å². The molecule has 1 aromatic carbocycles. The number of hydrogen-bond donors (Lipinski definition) is 1. The largest absolute Gasteiger partial charge is 0.320 e. The Labute approximate surface area is 198 Å². The Kier molecular flexibility index (Phi) is 6.20. The number of benzene rings is 1. The van der Waals surface area contributed by atoms with Gasteiger partial charge in [-0.3, -0.25) is 24.3 Å². The Morgan fingerprint density at radius 2 is 1.97 bits per heavy atom. The normalized spacial score (nSPS) is 16.1. The summed E-state index contributed by atoms with van der Waals surface area (Å²) in [6.07, 6.45) is 8.22. The van der Waals surface area contributed by atoms with Gasteiger partial charge < -0.3 is 5.32 Å². The van der Waals surface area contributed by atoms with E-state index < -0.39 is 4.92 Å². The molecule has 1 saturated carbocycles. The van der Waals surface area contributed by atoms with Crippen molar-refractivity contribution >= 4 is 50.6 Å². The van der Waals surface area contributed by atoms with E-state index >= 15 is 0 Å². The topological polar surface area (TPSA) is 107 Å². The number of anilines is 1. The number of fused-ring (bicyclic) bond motifs is 3. The van der Waals surface area contributed by atoms with E-state index in [0.29, 0.717) is 5.16 Å². The number of hydrogen-bond acceptors (Lipinski definition) is 7. The lowest BCUT2D eigenvalue weighted by atomic mass is 9.97. The first-order valence-corrected chi connectivity index (χ1v) is 13.1. The summed E-state index contributed by atoms with van der Waals surface area (Å²) in [5.41, 5.74) is 1.21. The smallest absolute Gasteiger partial charge is 0.292 e. The van der Waals surface area contributed by atoms with Crippen LogP contribution in [0.2, 0.25) is 0 Å². The van der Waals surface area contributed by atoms with Crippen LogP contribution in [-0.2, 0) is 17.6 Å². The minimum Gasteiger partial charge on any atom is -0.320 e. The maximum Gasteiger partial charge on any atom is 0.292 e. The van der Waals surface area contributed by atoms with Crippen LogP contribution in [0.4, 0.5) is 11.4 Å². The Balaban J connectivity index is 1.45. The second-order valence-corrected chi connectivity index (χ2v) is 10.5. The maximum atomic E-state index is 13.7. The molecular weight excluding hydrogens is 460 g/mol. The molecule has 0 aliphatic heterocycles. The van der Waals surface area contributed by atoms with Gasteiger partial charge in [0, 0.05) is 17.0 Å². The number of aryl methyl sites for hydroxylation is 2. The fraction of sp³-hybridized carbons (Fsp3) is 0.435. The van der Waals surface area contributed by atoms with Crippen molar-refractivity contribution in [3.63, 3.8) is 0 Å². The second-order valence-electron chi connectivity index (χ2n) is 8.51. The molecule has 172 valence electrons. The molecule has 8 nitrogen and oxygen atoms in total. The van der Waals surface area contributed by atoms with Gasteiger partial charge in [-0.1, -0.05) is 36.7 Å². The van der Waals surface area contributed by atoms with Crippen LogP contribution in [0.15, 0.2) is 34.2 Å². The van der Waals surface area contributed by atoms with Gasteiger partial charge in [0.2, 0.25) is 5.91 Å². The van der Waals surface area contributed by atoms with Crippen molar-refractivity contribution in [2.75, 3.05) is 11.1 Å². The molecule has 1 fully saturated rings. The number of nitro groups is 1. The quantitative estimate of drug-likeness (QED) is 0.226. The van der Waals surface area contributed by atoms with Gasteiger partial charge >= 0.3 is 0 Å². The summed E-state index contributed by atoms with van der Waals surface area (Å²) in [5.74, 6) is -0.353. The molecule has 5 rings (SSSR count). The number of nitrogens with one attached hydrogen (secondary N) is 1. The van der Waals surface area contributed by atoms with Crippen LogP contribution in [0.25, 0.3) is 10.2 Å². The van der Waals surface area contributed by atoms with Crippen molar-refractivity contribution < 1.29 is 9.72 Å². The second kappa shape index (κ2) is 9.26. The summed E-state index contributed by atoms with van der Waals surface area (Å²) in [7, 11) is 0. The van der Waals surface area contributed by atoms with Crippen LogP contribution >= 0.6 is 23.1 Å². The average molecular weight is 485 g/mol. The Morgan fingerprint density at radius 3 is 2.76 bits per heavy atom. The molecule has 2 aromatic heterocycles. The Hall–Kier alpha value is -2.72. The van der Waals surface area contributed by atoms with Gasteiger partial charge in [0.15, 0.2) is 5.16 Å². The van der Waals surface area contributed by atoms with Gasteiger partial charge in [-0.05, 0) is 50.2 Å². The van der Waals surface area contributed by atoms with Gasteiger partial charge in [-0.25, -0.2) is 4.98 Å². The first kappa shape index (κ1) is 22.1. The van der Waals surface area contributed by atoms with Crippen molar-refractivity contribution in [3.8, 4) is 0 Å². The van der Waals surface area contributed by atoms with E-state index in [0.717, 1.165) is 61.6 Å². The standard InChI is InChI=1S/C23H24N4O4S2/c28-19(24-16-10-4-5-11-17(16)27(30)31)13-32-23-25-21-20(15-9-3-6-12-18(15)33-21)22(29)26(23)14-7-1-2-8-14/h4-5,10-11,14H,1-3,6-9,12-13H2,(H,24,28). The van der Waals surface area contributed by atoms with Crippen LogP contribution in [0, 0.1) is 10.1 Å². The lowest BCUT2D eigenvalue weighted by Gasteiger charge is -2.18. The van der Waals surface area contributed by atoms with E-state index in [1.807, 2.05) is 4.57 Å². The van der Waals surface area contributed by atoms with Crippen molar-refractivity contribution in [1.82, 2.24) is 9.55 Å². The molecule has 2 heterocycles. The third kappa shape index (κ3) is 4.29. The zero-order valence-electron chi connectivity index (χ0n) is 18.0. The summed E-state index contributed by atoms with van der Waals surface area (Å²) < 4.78 is 1.82. The summed E-state index contributed by atoms with van der Waals surface area (Å²) >= 11 is 2.84. The third-order valence-electron chi connectivity index (χ3n) is 6.39. The Bertz CT molecular complexity index is 1290. The number of carbonyl (C=O) groups is 1. The summed E-state index contributed by atoms with van der Waals surface area (Å²) in [5, 5.41) is 15.2. The number of thiophene rings is 1. The highest BCUT2D eigenvalue weighted by molar-refractivity contribution is 7.99. The van der Waals surface area contributed by atoms with Crippen molar-refractivity contribution in [1.29, 1.82) is 0 Å². The molecule has 0 spiro atoms. The van der Waals surface area contributed by atoms with Gasteiger partial charge in [-0.15, -0.1) is 11.3 Å². The highest BCUT2D eigenvalue weighted by Crippen LogP contribution is 2.37. The molecule has 0 unspecified atom stereocenters. The van der Waals surface area contributed by atoms with Gasteiger partial charge in [0.05, 0.1) is 16.1 Å². The number of aromatic nitrogens is 2. The number of carbonyl (C=O) groups excluding carboxylic acids is 1. The van der Waals surface area contributed by atoms with Gasteiger partial charge in [-0.2, -0.15) is 0 Å². The van der Waals surface area contributed by atoms with E-state index in [9.17, 15) is 19.7 Å². The fourth-order valence-electron chi connectivity index (χ4n) is 4.84.